The van der Waals surface area contributed by atoms with Crippen LogP contribution in [0.15, 0.2) is 71.5 Å². The minimum absolute atomic E-state index is 0.160. The van der Waals surface area contributed by atoms with E-state index < -0.39 is 0 Å². The fraction of sp³-hybridized carbons (Fsp3) is 0.150. The Morgan fingerprint density at radius 1 is 1.00 bits per heavy atom. The summed E-state index contributed by atoms with van der Waals surface area (Å²) in [7, 11) is 0. The van der Waals surface area contributed by atoms with Gasteiger partial charge in [-0.05, 0) is 25.1 Å². The molecule has 0 aliphatic carbocycles. The minimum atomic E-state index is -0.190. The van der Waals surface area contributed by atoms with Crippen molar-refractivity contribution in [3.63, 3.8) is 0 Å². The lowest BCUT2D eigenvalue weighted by atomic mass is 10.1. The average Bonchev–Trinajstić information content (AvgIpc) is 2.64. The summed E-state index contributed by atoms with van der Waals surface area (Å²) in [6, 6.07) is 20.2. The van der Waals surface area contributed by atoms with E-state index in [1.165, 1.54) is 10.7 Å². The molecule has 25 heavy (non-hydrogen) atoms. The van der Waals surface area contributed by atoms with E-state index in [0.717, 1.165) is 16.8 Å². The molecule has 3 rings (SSSR count). The van der Waals surface area contributed by atoms with E-state index in [4.69, 9.17) is 0 Å². The van der Waals surface area contributed by atoms with Gasteiger partial charge in [-0.3, -0.25) is 9.59 Å². The highest BCUT2D eigenvalue weighted by Gasteiger charge is 2.06. The van der Waals surface area contributed by atoms with Gasteiger partial charge in [0.1, 0.15) is 0 Å². The van der Waals surface area contributed by atoms with Gasteiger partial charge in [-0.2, -0.15) is 5.10 Å². The van der Waals surface area contributed by atoms with Gasteiger partial charge in [-0.1, -0.05) is 48.0 Å². The zero-order valence-electron chi connectivity index (χ0n) is 14.0. The van der Waals surface area contributed by atoms with E-state index in [0.29, 0.717) is 18.7 Å². The topological polar surface area (TPSA) is 64.0 Å². The molecule has 1 heterocycles. The number of hydrogen-bond donors (Lipinski definition) is 1. The first-order valence-corrected chi connectivity index (χ1v) is 8.12. The highest BCUT2D eigenvalue weighted by atomic mass is 16.1. The van der Waals surface area contributed by atoms with Crippen molar-refractivity contribution >= 4 is 5.91 Å². The van der Waals surface area contributed by atoms with Crippen molar-refractivity contribution in [2.45, 2.75) is 13.5 Å². The summed E-state index contributed by atoms with van der Waals surface area (Å²) in [6.45, 7) is 2.62. The van der Waals surface area contributed by atoms with Crippen LogP contribution in [0.5, 0.6) is 0 Å². The predicted molar refractivity (Wildman–Crippen MR) is 97.4 cm³/mol. The normalized spacial score (nSPS) is 10.4. The first kappa shape index (κ1) is 16.6. The first-order chi connectivity index (χ1) is 12.1. The molecule has 0 atom stereocenters. The number of aryl methyl sites for hydroxylation is 1. The van der Waals surface area contributed by atoms with Crippen LogP contribution in [-0.2, 0) is 6.54 Å². The summed E-state index contributed by atoms with van der Waals surface area (Å²) in [5.41, 5.74) is 3.18. The van der Waals surface area contributed by atoms with Crippen molar-refractivity contribution in [3.05, 3.63) is 88.2 Å². The molecule has 0 fully saturated rings. The summed E-state index contributed by atoms with van der Waals surface area (Å²) >= 11 is 0. The van der Waals surface area contributed by atoms with Gasteiger partial charge in [0.25, 0.3) is 11.5 Å². The zero-order valence-corrected chi connectivity index (χ0v) is 14.0. The summed E-state index contributed by atoms with van der Waals surface area (Å²) < 4.78 is 1.37. The van der Waals surface area contributed by atoms with E-state index in [9.17, 15) is 9.59 Å². The molecule has 0 aliphatic rings. The van der Waals surface area contributed by atoms with Crippen molar-refractivity contribution in [2.24, 2.45) is 0 Å². The third-order valence-electron chi connectivity index (χ3n) is 3.86. The number of nitrogens with one attached hydrogen (secondary N) is 1. The van der Waals surface area contributed by atoms with E-state index >= 15 is 0 Å². The van der Waals surface area contributed by atoms with Crippen LogP contribution >= 0.6 is 0 Å². The molecule has 1 N–H and O–H groups in total. The summed E-state index contributed by atoms with van der Waals surface area (Å²) in [5.74, 6) is -0.160. The Morgan fingerprint density at radius 3 is 2.44 bits per heavy atom. The smallest absolute Gasteiger partial charge is 0.266 e. The van der Waals surface area contributed by atoms with Crippen molar-refractivity contribution in [2.75, 3.05) is 6.54 Å². The standard InChI is InChI=1S/C20H19N3O2/c1-15-7-9-17(10-8-15)20(25)21-13-14-23-19(24)12-11-18(22-23)16-5-3-2-4-6-16/h2-12H,13-14H2,1H3,(H,21,25). The average molecular weight is 333 g/mol. The van der Waals surface area contributed by atoms with Gasteiger partial charge in [-0.15, -0.1) is 0 Å². The number of amides is 1. The summed E-state index contributed by atoms with van der Waals surface area (Å²) in [6.07, 6.45) is 0. The van der Waals surface area contributed by atoms with E-state index in [1.807, 2.05) is 49.4 Å². The number of carbonyl (C=O) groups is 1. The van der Waals surface area contributed by atoms with Crippen LogP contribution < -0.4 is 10.9 Å². The van der Waals surface area contributed by atoms with Crippen LogP contribution in [0.2, 0.25) is 0 Å². The molecule has 2 aromatic carbocycles. The second-order valence-corrected chi connectivity index (χ2v) is 5.77. The maximum Gasteiger partial charge on any atom is 0.266 e. The van der Waals surface area contributed by atoms with Crippen LogP contribution in [0, 0.1) is 6.92 Å². The maximum atomic E-state index is 12.1. The third-order valence-corrected chi connectivity index (χ3v) is 3.86. The van der Waals surface area contributed by atoms with Crippen molar-refractivity contribution in [3.8, 4) is 11.3 Å². The van der Waals surface area contributed by atoms with Crippen molar-refractivity contribution in [1.29, 1.82) is 0 Å². The molecule has 0 bridgehead atoms. The molecule has 126 valence electrons. The third kappa shape index (κ3) is 4.20. The largest absolute Gasteiger partial charge is 0.350 e. The first-order valence-electron chi connectivity index (χ1n) is 8.12. The van der Waals surface area contributed by atoms with Gasteiger partial charge >= 0.3 is 0 Å². The van der Waals surface area contributed by atoms with Gasteiger partial charge in [0.2, 0.25) is 0 Å². The minimum Gasteiger partial charge on any atom is -0.350 e. The molecule has 0 saturated carbocycles. The molecule has 5 nitrogen and oxygen atoms in total. The molecule has 1 aromatic heterocycles. The molecule has 3 aromatic rings. The fourth-order valence-electron chi connectivity index (χ4n) is 2.45. The summed E-state index contributed by atoms with van der Waals surface area (Å²) in [4.78, 5) is 24.1. The second-order valence-electron chi connectivity index (χ2n) is 5.77. The Balaban J connectivity index is 1.66. The number of benzene rings is 2. The molecule has 5 heteroatoms. The Hall–Kier alpha value is -3.21. The molecule has 0 radical (unpaired) electrons. The van der Waals surface area contributed by atoms with Crippen LogP contribution in [0.25, 0.3) is 11.3 Å². The molecule has 0 unspecified atom stereocenters. The lowest BCUT2D eigenvalue weighted by molar-refractivity contribution is 0.0952. The van der Waals surface area contributed by atoms with Gasteiger partial charge in [-0.25, -0.2) is 4.68 Å². The molecule has 0 saturated heterocycles. The van der Waals surface area contributed by atoms with E-state index in [2.05, 4.69) is 10.4 Å². The quantitative estimate of drug-likeness (QED) is 0.781. The van der Waals surface area contributed by atoms with Gasteiger partial charge in [0, 0.05) is 23.7 Å². The molecular formula is C20H19N3O2. The Morgan fingerprint density at radius 2 is 1.72 bits per heavy atom. The SMILES string of the molecule is Cc1ccc(C(=O)NCCn2nc(-c3ccccc3)ccc2=O)cc1. The van der Waals surface area contributed by atoms with Crippen LogP contribution in [-0.4, -0.2) is 22.2 Å². The Labute approximate surface area is 145 Å². The molecular weight excluding hydrogens is 314 g/mol. The second kappa shape index (κ2) is 7.57. The van der Waals surface area contributed by atoms with E-state index in [-0.39, 0.29) is 11.5 Å². The lowest BCUT2D eigenvalue weighted by Gasteiger charge is -2.09. The highest BCUT2D eigenvalue weighted by Crippen LogP contribution is 2.13. The Bertz CT molecular complexity index is 916. The fourth-order valence-corrected chi connectivity index (χ4v) is 2.45. The lowest BCUT2D eigenvalue weighted by Crippen LogP contribution is -2.31. The van der Waals surface area contributed by atoms with Crippen LogP contribution in [0.3, 0.4) is 0 Å². The zero-order chi connectivity index (χ0) is 17.6. The maximum absolute atomic E-state index is 12.1. The van der Waals surface area contributed by atoms with Gasteiger partial charge in [0.05, 0.1) is 12.2 Å². The van der Waals surface area contributed by atoms with E-state index in [1.54, 1.807) is 18.2 Å². The Kier molecular flexibility index (Phi) is 5.04. The highest BCUT2D eigenvalue weighted by molar-refractivity contribution is 5.94. The number of hydrogen-bond acceptors (Lipinski definition) is 3. The summed E-state index contributed by atoms with van der Waals surface area (Å²) in [5, 5.41) is 7.19. The van der Waals surface area contributed by atoms with Gasteiger partial charge < -0.3 is 5.32 Å². The van der Waals surface area contributed by atoms with Crippen molar-refractivity contribution in [1.82, 2.24) is 15.1 Å². The molecule has 1 amide bonds. The number of carbonyl (C=O) groups excluding carboxylic acids is 1. The van der Waals surface area contributed by atoms with Gasteiger partial charge in [0.15, 0.2) is 0 Å². The predicted octanol–water partition coefficient (Wildman–Crippen LogP) is 2.65. The number of rotatable bonds is 5. The number of nitrogens with zero attached hydrogens (tertiary/aromatic N) is 2. The van der Waals surface area contributed by atoms with Crippen LogP contribution in [0.4, 0.5) is 0 Å². The van der Waals surface area contributed by atoms with Crippen molar-refractivity contribution < 1.29 is 4.79 Å². The molecule has 0 spiro atoms. The monoisotopic (exact) mass is 333 g/mol. The molecule has 0 aliphatic heterocycles. The number of aromatic nitrogens is 2. The van der Waals surface area contributed by atoms with Crippen LogP contribution in [0.1, 0.15) is 15.9 Å².